The SMILES string of the molecule is O=C(Nc1ccc2c(c1)C1(CCCC1)C(=O)N2)c1ccc(NS(=O)(=O)CCO)cc1N1CCC2(CC1)CC2. The maximum Gasteiger partial charge on any atom is 0.257 e. The van der Waals surface area contributed by atoms with E-state index < -0.39 is 27.8 Å². The first-order chi connectivity index (χ1) is 18.2. The number of benzene rings is 2. The average molecular weight is 539 g/mol. The van der Waals surface area contributed by atoms with Crippen molar-refractivity contribution in [2.24, 2.45) is 5.41 Å². The van der Waals surface area contributed by atoms with Crippen molar-refractivity contribution < 1.29 is 23.1 Å². The molecule has 2 saturated carbocycles. The summed E-state index contributed by atoms with van der Waals surface area (Å²) in [6.07, 6.45) is 8.29. The minimum absolute atomic E-state index is 0.0496. The number of hydrogen-bond acceptors (Lipinski definition) is 6. The minimum atomic E-state index is -3.70. The maximum absolute atomic E-state index is 13.6. The van der Waals surface area contributed by atoms with Crippen LogP contribution in [-0.2, 0) is 20.2 Å². The third kappa shape index (κ3) is 4.53. The lowest BCUT2D eigenvalue weighted by Gasteiger charge is -2.35. The first-order valence-corrected chi connectivity index (χ1v) is 15.2. The number of carbonyl (C=O) groups excluding carboxylic acids is 2. The van der Waals surface area contributed by atoms with Crippen LogP contribution in [0.1, 0.15) is 67.3 Å². The van der Waals surface area contributed by atoms with Crippen molar-refractivity contribution in [3.8, 4) is 0 Å². The van der Waals surface area contributed by atoms with Gasteiger partial charge in [-0.3, -0.25) is 14.3 Å². The fourth-order valence-electron chi connectivity index (χ4n) is 6.46. The second-order valence-corrected chi connectivity index (χ2v) is 13.2. The summed E-state index contributed by atoms with van der Waals surface area (Å²) in [6, 6.07) is 10.5. The monoisotopic (exact) mass is 538 g/mol. The Morgan fingerprint density at radius 1 is 0.974 bits per heavy atom. The van der Waals surface area contributed by atoms with Crippen LogP contribution >= 0.6 is 0 Å². The first kappa shape index (κ1) is 25.2. The highest BCUT2D eigenvalue weighted by atomic mass is 32.2. The van der Waals surface area contributed by atoms with Crippen molar-refractivity contribution in [3.63, 3.8) is 0 Å². The van der Waals surface area contributed by atoms with Gasteiger partial charge in [0.25, 0.3) is 5.91 Å². The number of carbonyl (C=O) groups is 2. The molecule has 4 aliphatic rings. The van der Waals surface area contributed by atoms with Crippen molar-refractivity contribution in [1.82, 2.24) is 0 Å². The second kappa shape index (κ2) is 9.27. The summed E-state index contributed by atoms with van der Waals surface area (Å²) in [6.45, 7) is 1.14. The van der Waals surface area contributed by atoms with E-state index in [2.05, 4.69) is 20.3 Å². The van der Waals surface area contributed by atoms with E-state index in [1.54, 1.807) is 24.3 Å². The molecular weight excluding hydrogens is 504 g/mol. The van der Waals surface area contributed by atoms with E-state index in [4.69, 9.17) is 5.11 Å². The number of anilines is 4. The second-order valence-electron chi connectivity index (χ2n) is 11.3. The van der Waals surface area contributed by atoms with Gasteiger partial charge in [0.1, 0.15) is 0 Å². The number of amides is 2. The van der Waals surface area contributed by atoms with Gasteiger partial charge < -0.3 is 20.6 Å². The number of piperidine rings is 1. The molecular formula is C28H34N4O5S. The van der Waals surface area contributed by atoms with Crippen LogP contribution in [-0.4, -0.2) is 50.8 Å². The quantitative estimate of drug-likeness (QED) is 0.424. The Kier molecular flexibility index (Phi) is 6.14. The highest BCUT2D eigenvalue weighted by molar-refractivity contribution is 7.92. The number of aliphatic hydroxyl groups is 1. The van der Waals surface area contributed by atoms with Crippen LogP contribution in [0.2, 0.25) is 0 Å². The van der Waals surface area contributed by atoms with Crippen molar-refractivity contribution >= 4 is 44.6 Å². The van der Waals surface area contributed by atoms with Crippen LogP contribution in [0.25, 0.3) is 0 Å². The van der Waals surface area contributed by atoms with Crippen LogP contribution in [0.4, 0.5) is 22.7 Å². The summed E-state index contributed by atoms with van der Waals surface area (Å²) in [5, 5.41) is 15.1. The zero-order valence-corrected chi connectivity index (χ0v) is 22.2. The molecule has 2 aliphatic heterocycles. The van der Waals surface area contributed by atoms with Crippen molar-refractivity contribution in [1.29, 1.82) is 0 Å². The average Bonchev–Trinajstić information content (AvgIpc) is 3.34. The molecule has 10 heteroatoms. The molecule has 202 valence electrons. The maximum atomic E-state index is 13.6. The Labute approximate surface area is 223 Å². The highest BCUT2D eigenvalue weighted by Crippen LogP contribution is 2.54. The fraction of sp³-hybridized carbons (Fsp3) is 0.500. The van der Waals surface area contributed by atoms with Gasteiger partial charge in [-0.25, -0.2) is 8.42 Å². The molecule has 1 saturated heterocycles. The molecule has 2 heterocycles. The predicted molar refractivity (Wildman–Crippen MR) is 147 cm³/mol. The zero-order chi connectivity index (χ0) is 26.5. The Morgan fingerprint density at radius 2 is 1.68 bits per heavy atom. The fourth-order valence-corrected chi connectivity index (χ4v) is 7.29. The Balaban J connectivity index is 1.28. The van der Waals surface area contributed by atoms with Gasteiger partial charge in [-0.2, -0.15) is 0 Å². The number of nitrogens with zero attached hydrogens (tertiary/aromatic N) is 1. The molecule has 4 N–H and O–H groups in total. The van der Waals surface area contributed by atoms with Gasteiger partial charge in [-0.05, 0) is 85.9 Å². The van der Waals surface area contributed by atoms with E-state index in [0.29, 0.717) is 28.0 Å². The van der Waals surface area contributed by atoms with Crippen molar-refractivity contribution in [2.45, 2.75) is 56.8 Å². The molecule has 0 bridgehead atoms. The lowest BCUT2D eigenvalue weighted by atomic mass is 9.80. The van der Waals surface area contributed by atoms with Crippen LogP contribution in [0.3, 0.4) is 0 Å². The smallest absolute Gasteiger partial charge is 0.257 e. The van der Waals surface area contributed by atoms with Crippen molar-refractivity contribution in [3.05, 3.63) is 47.5 Å². The van der Waals surface area contributed by atoms with E-state index in [0.717, 1.165) is 62.9 Å². The number of fused-ring (bicyclic) bond motifs is 2. The van der Waals surface area contributed by atoms with Gasteiger partial charge in [0.15, 0.2) is 0 Å². The Hall–Kier alpha value is -3.11. The normalized spacial score (nSPS) is 20.9. The van der Waals surface area contributed by atoms with Gasteiger partial charge in [-0.15, -0.1) is 0 Å². The van der Waals surface area contributed by atoms with Gasteiger partial charge in [0, 0.05) is 24.5 Å². The molecule has 38 heavy (non-hydrogen) atoms. The summed E-state index contributed by atoms with van der Waals surface area (Å²) in [7, 11) is -3.70. The van der Waals surface area contributed by atoms with Crippen LogP contribution in [0, 0.1) is 5.41 Å². The van der Waals surface area contributed by atoms with E-state index in [1.807, 2.05) is 12.1 Å². The predicted octanol–water partition coefficient (Wildman–Crippen LogP) is 3.82. The molecule has 2 spiro atoms. The summed E-state index contributed by atoms with van der Waals surface area (Å²) in [4.78, 5) is 28.6. The number of aliphatic hydroxyl groups excluding tert-OH is 1. The molecule has 9 nitrogen and oxygen atoms in total. The van der Waals surface area contributed by atoms with Gasteiger partial charge in [0.2, 0.25) is 15.9 Å². The molecule has 0 aromatic heterocycles. The zero-order valence-electron chi connectivity index (χ0n) is 21.4. The molecule has 3 fully saturated rings. The van der Waals surface area contributed by atoms with Gasteiger partial charge in [0.05, 0.1) is 34.7 Å². The molecule has 0 unspecified atom stereocenters. The summed E-state index contributed by atoms with van der Waals surface area (Å²) >= 11 is 0. The minimum Gasteiger partial charge on any atom is -0.395 e. The summed E-state index contributed by atoms with van der Waals surface area (Å²) < 4.78 is 27.1. The van der Waals surface area contributed by atoms with E-state index in [1.165, 1.54) is 12.8 Å². The molecule has 2 aliphatic carbocycles. The van der Waals surface area contributed by atoms with Crippen LogP contribution in [0.15, 0.2) is 36.4 Å². The lowest BCUT2D eigenvalue weighted by molar-refractivity contribution is -0.120. The number of sulfonamides is 1. The van der Waals surface area contributed by atoms with Crippen molar-refractivity contribution in [2.75, 3.05) is 45.7 Å². The molecule has 2 aromatic rings. The van der Waals surface area contributed by atoms with E-state index in [-0.39, 0.29) is 11.8 Å². The van der Waals surface area contributed by atoms with Crippen LogP contribution < -0.4 is 20.3 Å². The molecule has 0 radical (unpaired) electrons. The summed E-state index contributed by atoms with van der Waals surface area (Å²) in [5.74, 6) is -0.628. The third-order valence-corrected chi connectivity index (χ3v) is 10.2. The third-order valence-electron chi connectivity index (χ3n) is 8.93. The Morgan fingerprint density at radius 3 is 2.37 bits per heavy atom. The van der Waals surface area contributed by atoms with Gasteiger partial charge >= 0.3 is 0 Å². The van der Waals surface area contributed by atoms with E-state index >= 15 is 0 Å². The largest absolute Gasteiger partial charge is 0.395 e. The summed E-state index contributed by atoms with van der Waals surface area (Å²) in [5.41, 5.74) is 3.87. The van der Waals surface area contributed by atoms with E-state index in [9.17, 15) is 18.0 Å². The highest BCUT2D eigenvalue weighted by Gasteiger charge is 2.48. The molecule has 0 atom stereocenters. The topological polar surface area (TPSA) is 128 Å². The van der Waals surface area contributed by atoms with Crippen LogP contribution in [0.5, 0.6) is 0 Å². The molecule has 2 amide bonds. The number of hydrogen-bond donors (Lipinski definition) is 4. The number of rotatable bonds is 7. The Bertz CT molecular complexity index is 1390. The first-order valence-electron chi connectivity index (χ1n) is 13.5. The molecule has 2 aromatic carbocycles. The molecule has 6 rings (SSSR count). The van der Waals surface area contributed by atoms with Gasteiger partial charge in [-0.1, -0.05) is 12.8 Å². The standard InChI is InChI=1S/C28H34N4O5S/c33-15-16-38(36,37)31-20-3-5-21(24(18-20)32-13-11-27(9-10-27)12-14-32)25(34)29-19-4-6-23-22(17-19)28(26(35)30-23)7-1-2-8-28/h3-6,17-18,31,33H,1-2,7-16H2,(H,29,34)(H,30,35). The number of nitrogens with one attached hydrogen (secondary N) is 3. The lowest BCUT2D eigenvalue weighted by Crippen LogP contribution is -2.35.